The summed E-state index contributed by atoms with van der Waals surface area (Å²) >= 11 is 1.69. The molecule has 2 N–H and O–H groups in total. The molecule has 0 saturated carbocycles. The highest BCUT2D eigenvalue weighted by Gasteiger charge is 2.26. The molecule has 20 heavy (non-hydrogen) atoms. The molecule has 0 aliphatic carbocycles. The smallest absolute Gasteiger partial charge is 0.326 e. The van der Waals surface area contributed by atoms with E-state index in [1.807, 2.05) is 0 Å². The molecule has 0 spiro atoms. The van der Waals surface area contributed by atoms with Crippen LogP contribution in [0, 0.1) is 21.1 Å². The molecule has 0 aliphatic heterocycles. The number of hydrogen-bond acceptors (Lipinski definition) is 2. The number of carbonyl (C=O) groups excluding carboxylic acids is 1. The van der Waals surface area contributed by atoms with Gasteiger partial charge in [-0.25, -0.2) is 13.6 Å². The molecule has 0 fully saturated rings. The van der Waals surface area contributed by atoms with Crippen molar-refractivity contribution < 1.29 is 23.5 Å². The number of benzene rings is 1. The van der Waals surface area contributed by atoms with E-state index >= 15 is 0 Å². The average molecular weight is 397 g/mol. The summed E-state index contributed by atoms with van der Waals surface area (Å²) in [5.41, 5.74) is -0.0842. The number of rotatable bonds is 5. The molecular formula is C13H14F2INO3. The minimum absolute atomic E-state index is 0.0842. The number of halogens is 3. The molecule has 0 saturated heterocycles. The van der Waals surface area contributed by atoms with Crippen LogP contribution < -0.4 is 5.32 Å². The first kappa shape index (κ1) is 16.8. The van der Waals surface area contributed by atoms with E-state index in [1.165, 1.54) is 0 Å². The maximum Gasteiger partial charge on any atom is 0.326 e. The van der Waals surface area contributed by atoms with Gasteiger partial charge in [-0.1, -0.05) is 20.3 Å². The van der Waals surface area contributed by atoms with Gasteiger partial charge in [-0.05, 0) is 40.6 Å². The lowest BCUT2D eigenvalue weighted by molar-refractivity contribution is -0.140. The van der Waals surface area contributed by atoms with Crippen LogP contribution in [0.15, 0.2) is 12.1 Å². The van der Waals surface area contributed by atoms with Gasteiger partial charge >= 0.3 is 5.97 Å². The van der Waals surface area contributed by atoms with Crippen molar-refractivity contribution in [1.82, 2.24) is 5.32 Å². The average Bonchev–Trinajstić information content (AvgIpc) is 2.38. The molecule has 0 heterocycles. The molecule has 0 bridgehead atoms. The van der Waals surface area contributed by atoms with Gasteiger partial charge in [0.05, 0.1) is 5.56 Å². The summed E-state index contributed by atoms with van der Waals surface area (Å²) in [6.45, 7) is 3.49. The van der Waals surface area contributed by atoms with E-state index in [2.05, 4.69) is 5.32 Å². The van der Waals surface area contributed by atoms with Crippen molar-refractivity contribution in [3.8, 4) is 0 Å². The molecule has 0 unspecified atom stereocenters. The van der Waals surface area contributed by atoms with Gasteiger partial charge < -0.3 is 10.4 Å². The van der Waals surface area contributed by atoms with E-state index in [-0.39, 0.29) is 15.1 Å². The molecule has 1 rings (SSSR count). The molecule has 4 nitrogen and oxygen atoms in total. The van der Waals surface area contributed by atoms with Crippen molar-refractivity contribution in [3.63, 3.8) is 0 Å². The van der Waals surface area contributed by atoms with Crippen molar-refractivity contribution in [2.24, 2.45) is 5.92 Å². The maximum absolute atomic E-state index is 13.2. The van der Waals surface area contributed by atoms with E-state index in [0.29, 0.717) is 6.42 Å². The van der Waals surface area contributed by atoms with Crippen LogP contribution >= 0.6 is 22.6 Å². The van der Waals surface area contributed by atoms with Crippen molar-refractivity contribution in [1.29, 1.82) is 0 Å². The third-order valence-electron chi connectivity index (χ3n) is 3.02. The van der Waals surface area contributed by atoms with Crippen LogP contribution in [0.2, 0.25) is 0 Å². The number of carboxylic acids is 1. The fourth-order valence-electron chi connectivity index (χ4n) is 1.60. The third kappa shape index (κ3) is 3.87. The van der Waals surface area contributed by atoms with Crippen molar-refractivity contribution in [2.45, 2.75) is 26.3 Å². The number of carboxylic acid groups (broad SMARTS) is 1. The van der Waals surface area contributed by atoms with Gasteiger partial charge in [0.1, 0.15) is 6.04 Å². The normalized spacial score (nSPS) is 13.7. The van der Waals surface area contributed by atoms with Crippen LogP contribution in [0.1, 0.15) is 30.6 Å². The Hall–Kier alpha value is -1.25. The third-order valence-corrected chi connectivity index (χ3v) is 3.91. The summed E-state index contributed by atoms with van der Waals surface area (Å²) in [6, 6.07) is 0.586. The molecule has 0 aliphatic rings. The number of hydrogen-bond donors (Lipinski definition) is 2. The van der Waals surface area contributed by atoms with Crippen LogP contribution in [-0.4, -0.2) is 23.0 Å². The summed E-state index contributed by atoms with van der Waals surface area (Å²) in [7, 11) is 0. The minimum Gasteiger partial charge on any atom is -0.480 e. The van der Waals surface area contributed by atoms with Crippen molar-refractivity contribution in [3.05, 3.63) is 32.9 Å². The van der Waals surface area contributed by atoms with Crippen LogP contribution in [0.25, 0.3) is 0 Å². The quantitative estimate of drug-likeness (QED) is 0.593. The second-order valence-corrected chi connectivity index (χ2v) is 5.58. The summed E-state index contributed by atoms with van der Waals surface area (Å²) in [5, 5.41) is 11.4. The van der Waals surface area contributed by atoms with Crippen molar-refractivity contribution in [2.75, 3.05) is 0 Å². The van der Waals surface area contributed by atoms with Gasteiger partial charge in [-0.15, -0.1) is 0 Å². The fraction of sp³-hybridized carbons (Fsp3) is 0.385. The lowest BCUT2D eigenvalue weighted by Gasteiger charge is -2.20. The molecule has 0 aromatic heterocycles. The van der Waals surface area contributed by atoms with Crippen LogP contribution in [0.3, 0.4) is 0 Å². The molecule has 0 radical (unpaired) electrons. The Kier molecular flexibility index (Phi) is 5.85. The highest BCUT2D eigenvalue weighted by molar-refractivity contribution is 14.1. The number of amides is 1. The largest absolute Gasteiger partial charge is 0.480 e. The molecule has 1 amide bonds. The summed E-state index contributed by atoms with van der Waals surface area (Å²) in [4.78, 5) is 23.1. The number of nitrogens with one attached hydrogen (secondary N) is 1. The summed E-state index contributed by atoms with van der Waals surface area (Å²) in [6.07, 6.45) is 0.562. The standard InChI is InChI=1S/C13H14F2INO3/c1-3-6(2)11(13(19)20)17-12(18)7-4-8(14)9(15)5-10(7)16/h4-6,11H,3H2,1-2H3,(H,17,18)(H,19,20)/t6-,11-/m0/s1. The Morgan fingerprint density at radius 3 is 2.40 bits per heavy atom. The van der Waals surface area contributed by atoms with Gasteiger partial charge in [-0.2, -0.15) is 0 Å². The highest BCUT2D eigenvalue weighted by atomic mass is 127. The lowest BCUT2D eigenvalue weighted by atomic mass is 9.99. The van der Waals surface area contributed by atoms with E-state index in [0.717, 1.165) is 12.1 Å². The lowest BCUT2D eigenvalue weighted by Crippen LogP contribution is -2.45. The van der Waals surface area contributed by atoms with Crippen LogP contribution in [-0.2, 0) is 4.79 Å². The first-order chi connectivity index (χ1) is 9.27. The predicted octanol–water partition coefficient (Wildman–Crippen LogP) is 2.80. The van der Waals surface area contributed by atoms with E-state index in [9.17, 15) is 18.4 Å². The topological polar surface area (TPSA) is 66.4 Å². The van der Waals surface area contributed by atoms with Gasteiger partial charge in [0.2, 0.25) is 0 Å². The Morgan fingerprint density at radius 1 is 1.35 bits per heavy atom. The Bertz CT molecular complexity index is 537. The Labute approximate surface area is 128 Å². The van der Waals surface area contributed by atoms with E-state index < -0.39 is 29.6 Å². The number of aliphatic carboxylic acids is 1. The second-order valence-electron chi connectivity index (χ2n) is 4.42. The van der Waals surface area contributed by atoms with E-state index in [4.69, 9.17) is 5.11 Å². The fourth-order valence-corrected chi connectivity index (χ4v) is 2.27. The molecule has 2 atom stereocenters. The zero-order chi connectivity index (χ0) is 15.4. The van der Waals surface area contributed by atoms with Crippen LogP contribution in [0.5, 0.6) is 0 Å². The molecular weight excluding hydrogens is 383 g/mol. The molecule has 1 aromatic rings. The first-order valence-electron chi connectivity index (χ1n) is 5.96. The second kappa shape index (κ2) is 6.96. The van der Waals surface area contributed by atoms with Gasteiger partial charge in [0.25, 0.3) is 5.91 Å². The Balaban J connectivity index is 3.01. The molecule has 1 aromatic carbocycles. The molecule has 7 heteroatoms. The van der Waals surface area contributed by atoms with Gasteiger partial charge in [0, 0.05) is 3.57 Å². The predicted molar refractivity (Wildman–Crippen MR) is 77.4 cm³/mol. The SMILES string of the molecule is CC[C@H](C)[C@H](NC(=O)c1cc(F)c(F)cc1I)C(=O)O. The maximum atomic E-state index is 13.2. The Morgan fingerprint density at radius 2 is 1.90 bits per heavy atom. The van der Waals surface area contributed by atoms with Gasteiger partial charge in [0.15, 0.2) is 11.6 Å². The van der Waals surface area contributed by atoms with Gasteiger partial charge in [-0.3, -0.25) is 4.79 Å². The zero-order valence-corrected chi connectivity index (χ0v) is 13.1. The van der Waals surface area contributed by atoms with Crippen LogP contribution in [0.4, 0.5) is 8.78 Å². The molecule has 110 valence electrons. The minimum atomic E-state index is -1.16. The van der Waals surface area contributed by atoms with E-state index in [1.54, 1.807) is 36.4 Å². The highest BCUT2D eigenvalue weighted by Crippen LogP contribution is 2.18. The zero-order valence-electron chi connectivity index (χ0n) is 10.9. The first-order valence-corrected chi connectivity index (χ1v) is 7.04. The number of carbonyl (C=O) groups is 2. The summed E-state index contributed by atoms with van der Waals surface area (Å²) < 4.78 is 26.4. The monoisotopic (exact) mass is 397 g/mol. The van der Waals surface area contributed by atoms with Crippen molar-refractivity contribution >= 4 is 34.5 Å². The summed E-state index contributed by atoms with van der Waals surface area (Å²) in [5.74, 6) is -4.38.